The third kappa shape index (κ3) is 4.03. The molecule has 0 amide bonds. The molecule has 0 spiro atoms. The van der Waals surface area contributed by atoms with Crippen molar-refractivity contribution in [2.24, 2.45) is 0 Å². The number of furan rings is 1. The maximum absolute atomic E-state index is 9.56. The van der Waals surface area contributed by atoms with Gasteiger partial charge in [-0.3, -0.25) is 0 Å². The average Bonchev–Trinajstić information content (AvgIpc) is 3.85. The first-order valence-electron chi connectivity index (χ1n) is 27.9. The monoisotopic (exact) mass is 624 g/mol. The largest absolute Gasteiger partial charge is 0.456 e. The van der Waals surface area contributed by atoms with Crippen molar-refractivity contribution >= 4 is 65.0 Å². The molecule has 0 fully saturated rings. The Morgan fingerprint density at radius 2 is 0.830 bits per heavy atom. The van der Waals surface area contributed by atoms with Gasteiger partial charge in [-0.15, -0.1) is 0 Å². The Balaban J connectivity index is 1.39. The predicted molar refractivity (Wildman–Crippen MR) is 200 cm³/mol. The summed E-state index contributed by atoms with van der Waals surface area (Å²) in [6, 6.07) is -25.2. The standard InChI is InChI=1S/C46H28O/c1-2-11-33-27-35(22-19-29(33)9-1)45-39-15-7-5-13-37(39)44(38-14-6-8-16-40(38)45)32-20-17-30(18-21-32)34-23-25-41-43(28-34)47-42-26-24-31-10-3-4-12-36(31)46(41)42/h1-28H/i1D,2D,3D,4D,5D,6D,7D,8D,9D,10D,11D,12D,13D,14D,15D,16D,17D,18D,19D,20D,21D,22D,23D,24D,25D,26D,27D,28D. The van der Waals surface area contributed by atoms with Crippen molar-refractivity contribution in [2.75, 3.05) is 0 Å². The van der Waals surface area contributed by atoms with Crippen molar-refractivity contribution in [2.45, 2.75) is 0 Å². The van der Waals surface area contributed by atoms with E-state index in [9.17, 15) is 17.8 Å². The Bertz CT molecular complexity index is 4330. The molecule has 218 valence electrons. The molecule has 0 aliphatic rings. The van der Waals surface area contributed by atoms with Crippen molar-refractivity contribution in [1.82, 2.24) is 0 Å². The van der Waals surface area contributed by atoms with Gasteiger partial charge < -0.3 is 4.42 Å². The van der Waals surface area contributed by atoms with Crippen LogP contribution in [0.2, 0.25) is 0 Å². The van der Waals surface area contributed by atoms with Crippen LogP contribution in [0.15, 0.2) is 174 Å². The van der Waals surface area contributed by atoms with Crippen LogP contribution in [-0.2, 0) is 0 Å². The van der Waals surface area contributed by atoms with Crippen LogP contribution < -0.4 is 0 Å². The third-order valence-corrected chi connectivity index (χ3v) is 7.70. The van der Waals surface area contributed by atoms with Gasteiger partial charge in [-0.25, -0.2) is 0 Å². The first-order chi connectivity index (χ1) is 35.0. The summed E-state index contributed by atoms with van der Waals surface area (Å²) in [5.74, 6) is 0. The summed E-state index contributed by atoms with van der Waals surface area (Å²) in [4.78, 5) is 0. The van der Waals surface area contributed by atoms with Crippen molar-refractivity contribution in [3.63, 3.8) is 0 Å². The fourth-order valence-electron chi connectivity index (χ4n) is 5.67. The summed E-state index contributed by atoms with van der Waals surface area (Å²) >= 11 is 0. The molecule has 0 radical (unpaired) electrons. The van der Waals surface area contributed by atoms with E-state index in [2.05, 4.69) is 0 Å². The van der Waals surface area contributed by atoms with Crippen LogP contribution >= 0.6 is 0 Å². The van der Waals surface area contributed by atoms with Gasteiger partial charge in [0.1, 0.15) is 11.2 Å². The number of hydrogen-bond acceptors (Lipinski definition) is 1. The van der Waals surface area contributed by atoms with E-state index in [4.69, 9.17) is 25.0 Å². The highest BCUT2D eigenvalue weighted by atomic mass is 16.3. The minimum atomic E-state index is -1.09. The second kappa shape index (κ2) is 10.2. The lowest BCUT2D eigenvalue weighted by molar-refractivity contribution is 0.669. The van der Waals surface area contributed by atoms with Crippen LogP contribution in [0.25, 0.3) is 98.4 Å². The maximum atomic E-state index is 9.56. The second-order valence-electron chi connectivity index (χ2n) is 10.3. The molecule has 0 N–H and O–H groups in total. The molecule has 1 heteroatoms. The molecular formula is C46H28O. The molecule has 0 unspecified atom stereocenters. The number of benzene rings is 9. The van der Waals surface area contributed by atoms with Crippen LogP contribution in [0.5, 0.6) is 0 Å². The zero-order valence-corrected chi connectivity index (χ0v) is 23.4. The lowest BCUT2D eigenvalue weighted by Crippen LogP contribution is -1.91. The van der Waals surface area contributed by atoms with Gasteiger partial charge in [0.25, 0.3) is 0 Å². The van der Waals surface area contributed by atoms with E-state index >= 15 is 0 Å². The Kier molecular flexibility index (Phi) is 2.31. The van der Waals surface area contributed by atoms with Crippen molar-refractivity contribution in [3.8, 4) is 33.4 Å². The minimum absolute atomic E-state index is 0.320. The fraction of sp³-hybridized carbons (Fsp3) is 0. The summed E-state index contributed by atoms with van der Waals surface area (Å²) in [6.07, 6.45) is 0. The summed E-state index contributed by atoms with van der Waals surface area (Å²) < 4.78 is 257. The van der Waals surface area contributed by atoms with Gasteiger partial charge in [-0.1, -0.05) is 145 Å². The van der Waals surface area contributed by atoms with E-state index < -0.39 is 257 Å². The molecule has 9 aromatic carbocycles. The highest BCUT2D eigenvalue weighted by Gasteiger charge is 2.17. The van der Waals surface area contributed by atoms with Gasteiger partial charge in [-0.2, -0.15) is 0 Å². The molecule has 10 aromatic rings. The summed E-state index contributed by atoms with van der Waals surface area (Å²) in [5.41, 5.74) is -5.82. The normalized spacial score (nSPS) is 20.2. The minimum Gasteiger partial charge on any atom is -0.456 e. The molecule has 47 heavy (non-hydrogen) atoms. The number of hydrogen-bond donors (Lipinski definition) is 0. The molecule has 0 aliphatic heterocycles. The summed E-state index contributed by atoms with van der Waals surface area (Å²) in [6.45, 7) is 0. The van der Waals surface area contributed by atoms with Crippen molar-refractivity contribution in [1.29, 1.82) is 0 Å². The zero-order valence-electron chi connectivity index (χ0n) is 51.4. The van der Waals surface area contributed by atoms with E-state index in [1.54, 1.807) is 0 Å². The van der Waals surface area contributed by atoms with Gasteiger partial charge in [0.2, 0.25) is 0 Å². The Morgan fingerprint density at radius 1 is 0.319 bits per heavy atom. The van der Waals surface area contributed by atoms with E-state index in [0.717, 1.165) is 0 Å². The van der Waals surface area contributed by atoms with Gasteiger partial charge in [-0.05, 0) is 101 Å². The predicted octanol–water partition coefficient (Wildman–Crippen LogP) is 13.2. The van der Waals surface area contributed by atoms with Crippen molar-refractivity contribution < 1.29 is 42.8 Å². The molecule has 1 aromatic heterocycles. The van der Waals surface area contributed by atoms with Gasteiger partial charge in [0.05, 0.1) is 38.4 Å². The Morgan fingerprint density at radius 3 is 1.53 bits per heavy atom. The van der Waals surface area contributed by atoms with Crippen LogP contribution in [-0.4, -0.2) is 0 Å². The lowest BCUT2D eigenvalue weighted by Gasteiger charge is -2.18. The highest BCUT2D eigenvalue weighted by molar-refractivity contribution is 6.22. The van der Waals surface area contributed by atoms with E-state index in [0.29, 0.717) is 0 Å². The molecule has 0 bridgehead atoms. The summed E-state index contributed by atoms with van der Waals surface area (Å²) in [7, 11) is 0. The van der Waals surface area contributed by atoms with Crippen LogP contribution in [0.1, 0.15) is 38.4 Å². The molecule has 10 rings (SSSR count). The number of fused-ring (bicyclic) bond motifs is 8. The van der Waals surface area contributed by atoms with Crippen LogP contribution in [0, 0.1) is 0 Å². The van der Waals surface area contributed by atoms with Crippen LogP contribution in [0.4, 0.5) is 0 Å². The quantitative estimate of drug-likeness (QED) is 0.178. The van der Waals surface area contributed by atoms with E-state index in [-0.39, 0.29) is 10.8 Å². The van der Waals surface area contributed by atoms with Crippen molar-refractivity contribution in [3.05, 3.63) is 169 Å². The molecule has 1 heterocycles. The van der Waals surface area contributed by atoms with Gasteiger partial charge in [0, 0.05) is 10.8 Å². The van der Waals surface area contributed by atoms with E-state index in [1.165, 1.54) is 0 Å². The van der Waals surface area contributed by atoms with Gasteiger partial charge >= 0.3 is 0 Å². The molecule has 0 saturated heterocycles. The number of rotatable bonds is 3. The first kappa shape index (κ1) is 10.7. The lowest BCUT2D eigenvalue weighted by atomic mass is 9.85. The molecule has 0 aliphatic carbocycles. The highest BCUT2D eigenvalue weighted by Crippen LogP contribution is 2.44. The average molecular weight is 625 g/mol. The molecule has 0 saturated carbocycles. The smallest absolute Gasteiger partial charge is 0.136 e. The fourth-order valence-corrected chi connectivity index (χ4v) is 5.67. The molecule has 1 nitrogen and oxygen atoms in total. The zero-order chi connectivity index (χ0) is 55.3. The van der Waals surface area contributed by atoms with Gasteiger partial charge in [0.15, 0.2) is 0 Å². The molecule has 0 atom stereocenters. The summed E-state index contributed by atoms with van der Waals surface area (Å²) in [5, 5.41) is -5.67. The van der Waals surface area contributed by atoms with Crippen LogP contribution in [0.3, 0.4) is 0 Å². The van der Waals surface area contributed by atoms with E-state index in [1.807, 2.05) is 0 Å². The molecular weight excluding hydrogens is 569 g/mol. The Labute approximate surface area is 311 Å². The second-order valence-corrected chi connectivity index (χ2v) is 10.3. The third-order valence-electron chi connectivity index (χ3n) is 7.70. The maximum Gasteiger partial charge on any atom is 0.136 e. The SMILES string of the molecule is [2H]c1c([2H])c(-c2c3c([2H])c([2H])c([2H])c([2H])c3c(-c3c([2H])c([2H])c4c([2H])c([2H])c([2H])c([2H])c4c3[2H])c3c([2H])c([2H])c([2H])c([2H])c23)c([2H])c([2H])c1-c1c([2H])c([2H])c2c(oc3c([2H])c([2H])c4c([2H])c([2H])c([2H])c([2H])c4c32)c1[2H]. The Hall–Kier alpha value is -6.18. The topological polar surface area (TPSA) is 13.1 Å². The first-order valence-corrected chi connectivity index (χ1v) is 13.9.